The van der Waals surface area contributed by atoms with E-state index in [9.17, 15) is 19.7 Å². The van der Waals surface area contributed by atoms with Gasteiger partial charge in [0.2, 0.25) is 5.91 Å². The molecule has 0 saturated heterocycles. The van der Waals surface area contributed by atoms with Gasteiger partial charge in [0.15, 0.2) is 0 Å². The highest BCUT2D eigenvalue weighted by Crippen LogP contribution is 2.22. The van der Waals surface area contributed by atoms with Crippen molar-refractivity contribution >= 4 is 17.3 Å². The van der Waals surface area contributed by atoms with E-state index < -0.39 is 4.92 Å². The third kappa shape index (κ3) is 3.88. The van der Waals surface area contributed by atoms with E-state index in [2.05, 4.69) is 10.4 Å². The van der Waals surface area contributed by atoms with Crippen molar-refractivity contribution in [3.63, 3.8) is 0 Å². The van der Waals surface area contributed by atoms with Gasteiger partial charge in [-0.2, -0.15) is 5.10 Å². The van der Waals surface area contributed by atoms with Crippen LogP contribution >= 0.6 is 0 Å². The van der Waals surface area contributed by atoms with Gasteiger partial charge < -0.3 is 5.32 Å². The average molecular weight is 412 g/mol. The maximum absolute atomic E-state index is 12.8. The second-order valence-electron chi connectivity index (χ2n) is 7.09. The number of carbonyl (C=O) groups is 1. The first-order valence-electron chi connectivity index (χ1n) is 9.54. The van der Waals surface area contributed by atoms with Gasteiger partial charge in [-0.05, 0) is 39.3 Å². The number of para-hydroxylation sites is 1. The molecule has 10 nitrogen and oxygen atoms in total. The molecule has 1 N–H and O–H groups in total. The number of carbonyl (C=O) groups excluding carboxylic acids is 1. The van der Waals surface area contributed by atoms with E-state index in [4.69, 9.17) is 0 Å². The third-order valence-corrected chi connectivity index (χ3v) is 5.12. The van der Waals surface area contributed by atoms with Crippen molar-refractivity contribution in [1.82, 2.24) is 19.1 Å². The van der Waals surface area contributed by atoms with Crippen LogP contribution in [0.15, 0.2) is 35.1 Å². The van der Waals surface area contributed by atoms with Gasteiger partial charge in [-0.1, -0.05) is 18.2 Å². The molecule has 30 heavy (non-hydrogen) atoms. The fraction of sp³-hybridized carbons (Fsp3) is 0.350. The molecule has 0 aliphatic heterocycles. The van der Waals surface area contributed by atoms with E-state index in [0.29, 0.717) is 35.7 Å². The van der Waals surface area contributed by atoms with Crippen molar-refractivity contribution in [3.8, 4) is 5.69 Å². The fourth-order valence-corrected chi connectivity index (χ4v) is 3.47. The summed E-state index contributed by atoms with van der Waals surface area (Å²) in [4.78, 5) is 35.9. The summed E-state index contributed by atoms with van der Waals surface area (Å²) >= 11 is 0. The summed E-state index contributed by atoms with van der Waals surface area (Å²) in [6, 6.07) is 9.18. The minimum absolute atomic E-state index is 0.000764. The molecule has 1 amide bonds. The maximum Gasteiger partial charge on any atom is 0.312 e. The first-order chi connectivity index (χ1) is 14.2. The molecule has 0 atom stereocenters. The van der Waals surface area contributed by atoms with Gasteiger partial charge in [0, 0.05) is 20.0 Å². The van der Waals surface area contributed by atoms with Crippen molar-refractivity contribution in [2.75, 3.05) is 5.32 Å². The molecule has 0 saturated carbocycles. The predicted octanol–water partition coefficient (Wildman–Crippen LogP) is 2.62. The van der Waals surface area contributed by atoms with Crippen molar-refractivity contribution in [3.05, 3.63) is 67.9 Å². The van der Waals surface area contributed by atoms with E-state index in [-0.39, 0.29) is 29.3 Å². The molecule has 2 aromatic heterocycles. The topological polar surface area (TPSA) is 117 Å². The highest BCUT2D eigenvalue weighted by molar-refractivity contribution is 5.91. The number of hydrogen-bond acceptors (Lipinski definition) is 5. The Kier molecular flexibility index (Phi) is 5.86. The van der Waals surface area contributed by atoms with Crippen LogP contribution in [0.5, 0.6) is 0 Å². The number of anilines is 1. The van der Waals surface area contributed by atoms with E-state index in [1.165, 1.54) is 9.36 Å². The summed E-state index contributed by atoms with van der Waals surface area (Å²) in [5.74, 6) is -0.294. The van der Waals surface area contributed by atoms with Gasteiger partial charge in [-0.25, -0.2) is 4.68 Å². The lowest BCUT2D eigenvalue weighted by molar-refractivity contribution is -0.386. The van der Waals surface area contributed by atoms with Crippen LogP contribution in [-0.2, 0) is 18.4 Å². The summed E-state index contributed by atoms with van der Waals surface area (Å²) in [6.45, 7) is 5.36. The minimum Gasteiger partial charge on any atom is -0.320 e. The number of benzene rings is 1. The molecule has 2 heterocycles. The quantitative estimate of drug-likeness (QED) is 0.473. The summed E-state index contributed by atoms with van der Waals surface area (Å²) < 4.78 is 4.74. The Balaban J connectivity index is 1.69. The van der Waals surface area contributed by atoms with Gasteiger partial charge in [0.1, 0.15) is 17.1 Å². The van der Waals surface area contributed by atoms with E-state index >= 15 is 0 Å². The van der Waals surface area contributed by atoms with Crippen molar-refractivity contribution < 1.29 is 9.72 Å². The summed E-state index contributed by atoms with van der Waals surface area (Å²) in [5.41, 5.74) is 2.11. The smallest absolute Gasteiger partial charge is 0.312 e. The molecule has 0 fully saturated rings. The number of nitro groups is 1. The van der Waals surface area contributed by atoms with Crippen molar-refractivity contribution in [2.24, 2.45) is 7.05 Å². The predicted molar refractivity (Wildman–Crippen MR) is 112 cm³/mol. The van der Waals surface area contributed by atoms with Gasteiger partial charge in [0.05, 0.1) is 16.3 Å². The molecule has 0 aliphatic carbocycles. The standard InChI is InChI=1S/C20H24N6O4/c1-13-19(26(29)30)15(3)24(22-13)12-8-11-17(27)21-18-14(2)23(4)25(20(18)28)16-9-6-5-7-10-16/h5-7,9-10H,8,11-12H2,1-4H3,(H,21,27). The number of nitrogens with zero attached hydrogens (tertiary/aromatic N) is 5. The van der Waals surface area contributed by atoms with Crippen LogP contribution in [0.3, 0.4) is 0 Å². The first-order valence-corrected chi connectivity index (χ1v) is 9.54. The molecule has 0 unspecified atom stereocenters. The third-order valence-electron chi connectivity index (χ3n) is 5.12. The number of rotatable bonds is 7. The Hall–Kier alpha value is -3.69. The highest BCUT2D eigenvalue weighted by Gasteiger charge is 2.22. The zero-order valence-corrected chi connectivity index (χ0v) is 17.4. The molecular weight excluding hydrogens is 388 g/mol. The summed E-state index contributed by atoms with van der Waals surface area (Å²) in [7, 11) is 1.76. The molecule has 1 aromatic carbocycles. The number of hydrogen-bond donors (Lipinski definition) is 1. The molecule has 0 radical (unpaired) electrons. The van der Waals surface area contributed by atoms with Crippen molar-refractivity contribution in [1.29, 1.82) is 0 Å². The summed E-state index contributed by atoms with van der Waals surface area (Å²) in [5, 5.41) is 18.0. The average Bonchev–Trinajstić information content (AvgIpc) is 3.09. The number of nitrogens with one attached hydrogen (secondary N) is 1. The fourth-order valence-electron chi connectivity index (χ4n) is 3.47. The van der Waals surface area contributed by atoms with E-state index in [0.717, 1.165) is 0 Å². The SMILES string of the molecule is Cc1nn(CCCC(=O)Nc2c(C)n(C)n(-c3ccccc3)c2=O)c(C)c1[N+](=O)[O-]. The number of aryl methyl sites for hydroxylation is 2. The van der Waals surface area contributed by atoms with Crippen LogP contribution in [-0.4, -0.2) is 30.0 Å². The van der Waals surface area contributed by atoms with Gasteiger partial charge in [-0.15, -0.1) is 0 Å². The molecule has 158 valence electrons. The Morgan fingerprint density at radius 2 is 1.83 bits per heavy atom. The molecule has 0 aliphatic rings. The molecule has 3 aromatic rings. The minimum atomic E-state index is -0.448. The van der Waals surface area contributed by atoms with Gasteiger partial charge in [-0.3, -0.25) is 29.1 Å². The first kappa shape index (κ1) is 21.0. The van der Waals surface area contributed by atoms with Gasteiger partial charge in [0.25, 0.3) is 5.56 Å². The van der Waals surface area contributed by atoms with Crippen LogP contribution in [0, 0.1) is 30.9 Å². The number of amides is 1. The molecular formula is C20H24N6O4. The Morgan fingerprint density at radius 1 is 1.17 bits per heavy atom. The van der Waals surface area contributed by atoms with E-state index in [1.807, 2.05) is 30.3 Å². The monoisotopic (exact) mass is 412 g/mol. The second kappa shape index (κ2) is 8.36. The van der Waals surface area contributed by atoms with Crippen LogP contribution in [0.25, 0.3) is 5.69 Å². The lowest BCUT2D eigenvalue weighted by Gasteiger charge is -2.07. The van der Waals surface area contributed by atoms with Crippen LogP contribution in [0.2, 0.25) is 0 Å². The number of aromatic nitrogens is 4. The normalized spacial score (nSPS) is 10.9. The Labute approximate surface area is 172 Å². The second-order valence-corrected chi connectivity index (χ2v) is 7.09. The lowest BCUT2D eigenvalue weighted by atomic mass is 10.2. The lowest BCUT2D eigenvalue weighted by Crippen LogP contribution is -2.23. The zero-order valence-electron chi connectivity index (χ0n) is 17.4. The van der Waals surface area contributed by atoms with Crippen LogP contribution < -0.4 is 10.9 Å². The largest absolute Gasteiger partial charge is 0.320 e. The Morgan fingerprint density at radius 3 is 2.43 bits per heavy atom. The van der Waals surface area contributed by atoms with Crippen molar-refractivity contribution in [2.45, 2.75) is 40.2 Å². The Bertz CT molecular complexity index is 1160. The zero-order chi connectivity index (χ0) is 22.0. The van der Waals surface area contributed by atoms with Crippen LogP contribution in [0.4, 0.5) is 11.4 Å². The van der Waals surface area contributed by atoms with Gasteiger partial charge >= 0.3 is 5.69 Å². The molecule has 3 rings (SSSR count). The van der Waals surface area contributed by atoms with E-state index in [1.54, 1.807) is 32.5 Å². The highest BCUT2D eigenvalue weighted by atomic mass is 16.6. The molecule has 10 heteroatoms. The summed E-state index contributed by atoms with van der Waals surface area (Å²) in [6.07, 6.45) is 0.592. The maximum atomic E-state index is 12.8. The molecule has 0 bridgehead atoms. The van der Waals surface area contributed by atoms with Crippen LogP contribution in [0.1, 0.15) is 29.9 Å². The molecule has 0 spiro atoms.